The lowest BCUT2D eigenvalue weighted by Gasteiger charge is -2.09. The molecule has 0 aliphatic heterocycles. The summed E-state index contributed by atoms with van der Waals surface area (Å²) < 4.78 is 5.83. The molecule has 0 saturated carbocycles. The largest absolute Gasteiger partial charge is 0.465 e. The maximum Gasteiger partial charge on any atom is 0.337 e. The Bertz CT molecular complexity index is 1040. The summed E-state index contributed by atoms with van der Waals surface area (Å²) in [5.74, 6) is 0.299. The standard InChI is InChI=1S/C18H13N3O2S/c1-23-18(22)11-7-8-13-14(9-11)21-17(15-16(13)24-10-19-15)20-12-5-3-2-4-6-12/h2-10H,1H3,(H,20,21). The van der Waals surface area contributed by atoms with Crippen LogP contribution in [0, 0.1) is 0 Å². The number of carbonyl (C=O) groups is 1. The van der Waals surface area contributed by atoms with Crippen LogP contribution in [0.5, 0.6) is 0 Å². The fraction of sp³-hybridized carbons (Fsp3) is 0.0556. The second-order valence-corrected chi connectivity index (χ2v) is 6.06. The Balaban J connectivity index is 1.91. The van der Waals surface area contributed by atoms with Crippen LogP contribution in [0.25, 0.3) is 21.1 Å². The highest BCUT2D eigenvalue weighted by atomic mass is 32.1. The van der Waals surface area contributed by atoms with Crippen molar-refractivity contribution in [3.05, 3.63) is 59.6 Å². The fourth-order valence-electron chi connectivity index (χ4n) is 2.59. The lowest BCUT2D eigenvalue weighted by molar-refractivity contribution is 0.0601. The molecule has 0 atom stereocenters. The van der Waals surface area contributed by atoms with Crippen LogP contribution in [-0.4, -0.2) is 23.0 Å². The van der Waals surface area contributed by atoms with Crippen LogP contribution in [-0.2, 0) is 4.74 Å². The number of aromatic nitrogens is 2. The molecule has 4 rings (SSSR count). The van der Waals surface area contributed by atoms with Gasteiger partial charge in [0, 0.05) is 11.1 Å². The number of fused-ring (bicyclic) bond motifs is 3. The van der Waals surface area contributed by atoms with Crippen molar-refractivity contribution >= 4 is 49.9 Å². The molecule has 0 saturated heterocycles. The number of benzene rings is 2. The Labute approximate surface area is 141 Å². The van der Waals surface area contributed by atoms with Crippen LogP contribution in [0.4, 0.5) is 11.5 Å². The van der Waals surface area contributed by atoms with E-state index in [9.17, 15) is 4.79 Å². The van der Waals surface area contributed by atoms with Gasteiger partial charge in [-0.15, -0.1) is 11.3 Å². The number of anilines is 2. The SMILES string of the molecule is COC(=O)c1ccc2c(c1)nc(Nc1ccccc1)c1ncsc12. The Morgan fingerprint density at radius 3 is 2.79 bits per heavy atom. The zero-order chi connectivity index (χ0) is 16.5. The van der Waals surface area contributed by atoms with Gasteiger partial charge in [0.05, 0.1) is 28.4 Å². The minimum atomic E-state index is -0.374. The van der Waals surface area contributed by atoms with Crippen molar-refractivity contribution in [2.24, 2.45) is 0 Å². The van der Waals surface area contributed by atoms with E-state index >= 15 is 0 Å². The first-order chi connectivity index (χ1) is 11.8. The normalized spacial score (nSPS) is 10.9. The summed E-state index contributed by atoms with van der Waals surface area (Å²) >= 11 is 1.55. The molecule has 2 aromatic carbocycles. The number of methoxy groups -OCH3 is 1. The minimum absolute atomic E-state index is 0.374. The molecule has 1 N–H and O–H groups in total. The van der Waals surface area contributed by atoms with Gasteiger partial charge in [-0.05, 0) is 24.3 Å². The van der Waals surface area contributed by atoms with Crippen LogP contribution >= 0.6 is 11.3 Å². The molecule has 0 aliphatic carbocycles. The Morgan fingerprint density at radius 2 is 2.00 bits per heavy atom. The van der Waals surface area contributed by atoms with E-state index in [0.29, 0.717) is 11.4 Å². The number of para-hydroxylation sites is 1. The first-order valence-electron chi connectivity index (χ1n) is 7.33. The first-order valence-corrected chi connectivity index (χ1v) is 8.21. The lowest BCUT2D eigenvalue weighted by atomic mass is 10.1. The number of hydrogen-bond acceptors (Lipinski definition) is 6. The summed E-state index contributed by atoms with van der Waals surface area (Å²) in [5.41, 5.74) is 4.76. The second-order valence-electron chi connectivity index (χ2n) is 5.21. The van der Waals surface area contributed by atoms with Crippen molar-refractivity contribution in [2.75, 3.05) is 12.4 Å². The van der Waals surface area contributed by atoms with Crippen LogP contribution in [0.15, 0.2) is 54.0 Å². The molecule has 5 nitrogen and oxygen atoms in total. The third kappa shape index (κ3) is 2.47. The molecule has 0 spiro atoms. The zero-order valence-electron chi connectivity index (χ0n) is 12.8. The lowest BCUT2D eigenvalue weighted by Crippen LogP contribution is -2.01. The van der Waals surface area contributed by atoms with Crippen LogP contribution in [0.1, 0.15) is 10.4 Å². The maximum absolute atomic E-state index is 11.8. The molecule has 0 radical (unpaired) electrons. The molecule has 0 unspecified atom stereocenters. The summed E-state index contributed by atoms with van der Waals surface area (Å²) in [4.78, 5) is 20.9. The van der Waals surface area contributed by atoms with Crippen molar-refractivity contribution in [1.29, 1.82) is 0 Å². The van der Waals surface area contributed by atoms with Gasteiger partial charge in [-0.1, -0.05) is 24.3 Å². The average Bonchev–Trinajstić information content (AvgIpc) is 3.12. The highest BCUT2D eigenvalue weighted by molar-refractivity contribution is 7.17. The quantitative estimate of drug-likeness (QED) is 0.563. The summed E-state index contributed by atoms with van der Waals surface area (Å²) in [5, 5.41) is 4.28. The number of rotatable bonds is 3. The number of ether oxygens (including phenoxy) is 1. The minimum Gasteiger partial charge on any atom is -0.465 e. The molecule has 0 fully saturated rings. The van der Waals surface area contributed by atoms with Gasteiger partial charge in [0.25, 0.3) is 0 Å². The fourth-order valence-corrected chi connectivity index (χ4v) is 3.41. The van der Waals surface area contributed by atoms with E-state index in [1.165, 1.54) is 7.11 Å². The molecule has 0 bridgehead atoms. The Morgan fingerprint density at radius 1 is 1.17 bits per heavy atom. The second kappa shape index (κ2) is 5.90. The van der Waals surface area contributed by atoms with Crippen LogP contribution < -0.4 is 5.32 Å². The molecule has 2 heterocycles. The van der Waals surface area contributed by atoms with Crippen molar-refractivity contribution in [1.82, 2.24) is 9.97 Å². The Kier molecular flexibility index (Phi) is 3.59. The van der Waals surface area contributed by atoms with Crippen molar-refractivity contribution < 1.29 is 9.53 Å². The molecular weight excluding hydrogens is 322 g/mol. The van der Waals surface area contributed by atoms with E-state index in [-0.39, 0.29) is 5.97 Å². The van der Waals surface area contributed by atoms with Gasteiger partial charge >= 0.3 is 5.97 Å². The van der Waals surface area contributed by atoms with Crippen LogP contribution in [0.3, 0.4) is 0 Å². The third-order valence-corrected chi connectivity index (χ3v) is 4.58. The van der Waals surface area contributed by atoms with Gasteiger partial charge < -0.3 is 10.1 Å². The smallest absolute Gasteiger partial charge is 0.337 e. The van der Waals surface area contributed by atoms with E-state index in [2.05, 4.69) is 15.3 Å². The summed E-state index contributed by atoms with van der Waals surface area (Å²) in [6.45, 7) is 0. The van der Waals surface area contributed by atoms with Crippen molar-refractivity contribution in [3.8, 4) is 0 Å². The number of nitrogens with zero attached hydrogens (tertiary/aromatic N) is 2. The zero-order valence-corrected chi connectivity index (χ0v) is 13.6. The number of nitrogens with one attached hydrogen (secondary N) is 1. The molecule has 24 heavy (non-hydrogen) atoms. The highest BCUT2D eigenvalue weighted by Gasteiger charge is 2.14. The van der Waals surface area contributed by atoms with E-state index in [1.54, 1.807) is 29.0 Å². The van der Waals surface area contributed by atoms with Crippen molar-refractivity contribution in [3.63, 3.8) is 0 Å². The Hall–Kier alpha value is -2.99. The van der Waals surface area contributed by atoms with Gasteiger partial charge in [-0.25, -0.2) is 14.8 Å². The molecule has 6 heteroatoms. The number of thiazole rings is 1. The molecule has 118 valence electrons. The molecule has 0 amide bonds. The first kappa shape index (κ1) is 14.6. The number of pyridine rings is 1. The van der Waals surface area contributed by atoms with Gasteiger partial charge in [0.2, 0.25) is 0 Å². The van der Waals surface area contributed by atoms with E-state index in [0.717, 1.165) is 26.8 Å². The summed E-state index contributed by atoms with van der Waals surface area (Å²) in [6, 6.07) is 15.2. The summed E-state index contributed by atoms with van der Waals surface area (Å²) in [6.07, 6.45) is 0. The average molecular weight is 335 g/mol. The van der Waals surface area contributed by atoms with Gasteiger partial charge in [-0.2, -0.15) is 0 Å². The maximum atomic E-state index is 11.8. The van der Waals surface area contributed by atoms with Gasteiger partial charge in [0.15, 0.2) is 5.82 Å². The monoisotopic (exact) mass is 335 g/mol. The predicted octanol–water partition coefficient (Wildman–Crippen LogP) is 4.37. The highest BCUT2D eigenvalue weighted by Crippen LogP contribution is 2.33. The van der Waals surface area contributed by atoms with E-state index < -0.39 is 0 Å². The number of hydrogen-bond donors (Lipinski definition) is 1. The third-order valence-electron chi connectivity index (χ3n) is 3.72. The molecule has 0 aliphatic rings. The predicted molar refractivity (Wildman–Crippen MR) is 96.0 cm³/mol. The van der Waals surface area contributed by atoms with E-state index in [1.807, 2.05) is 36.4 Å². The summed E-state index contributed by atoms with van der Waals surface area (Å²) in [7, 11) is 1.37. The molecule has 4 aromatic rings. The van der Waals surface area contributed by atoms with E-state index in [4.69, 9.17) is 4.74 Å². The molecule has 2 aromatic heterocycles. The van der Waals surface area contributed by atoms with Crippen molar-refractivity contribution in [2.45, 2.75) is 0 Å². The molecular formula is C18H13N3O2S. The topological polar surface area (TPSA) is 64.1 Å². The number of esters is 1. The number of carbonyl (C=O) groups excluding carboxylic acids is 1. The van der Waals surface area contributed by atoms with Crippen LogP contribution in [0.2, 0.25) is 0 Å². The van der Waals surface area contributed by atoms with Gasteiger partial charge in [0.1, 0.15) is 5.52 Å². The van der Waals surface area contributed by atoms with Gasteiger partial charge in [-0.3, -0.25) is 0 Å².